The van der Waals surface area contributed by atoms with Gasteiger partial charge in [-0.25, -0.2) is 9.37 Å². The van der Waals surface area contributed by atoms with Crippen molar-refractivity contribution < 1.29 is 9.31 Å². The van der Waals surface area contributed by atoms with E-state index in [0.29, 0.717) is 29.7 Å². The molecule has 0 saturated carbocycles. The molecule has 2 aromatic heterocycles. The number of hydrogen-bond acceptors (Lipinski definition) is 5. The van der Waals surface area contributed by atoms with E-state index in [9.17, 15) is 19.3 Å². The van der Waals surface area contributed by atoms with Gasteiger partial charge >= 0.3 is 0 Å². The summed E-state index contributed by atoms with van der Waals surface area (Å²) in [4.78, 5) is 32.3. The minimum absolute atomic E-state index is 0.130. The Kier molecular flexibility index (Phi) is 4.82. The van der Waals surface area contributed by atoms with Crippen LogP contribution in [0.2, 0.25) is 0 Å². The van der Waals surface area contributed by atoms with Crippen LogP contribution in [0.1, 0.15) is 5.56 Å². The summed E-state index contributed by atoms with van der Waals surface area (Å²) in [6, 6.07) is 13.5. The van der Waals surface area contributed by atoms with Crippen LogP contribution in [-0.2, 0) is 13.0 Å². The van der Waals surface area contributed by atoms with Gasteiger partial charge in [-0.05, 0) is 42.3 Å². The maximum Gasteiger partial charge on any atom is 0.271 e. The largest absolute Gasteiger partial charge is 0.292 e. The van der Waals surface area contributed by atoms with Crippen LogP contribution in [0.25, 0.3) is 22.3 Å². The fourth-order valence-corrected chi connectivity index (χ4v) is 3.14. The Balaban J connectivity index is 1.85. The number of nitro benzene ring substituents is 1. The number of pyridine rings is 1. The summed E-state index contributed by atoms with van der Waals surface area (Å²) in [5.74, 6) is 0.0740. The average Bonchev–Trinajstić information content (AvgIpc) is 2.74. The fraction of sp³-hybridized carbons (Fsp3) is 0.0952. The van der Waals surface area contributed by atoms with Crippen LogP contribution in [-0.4, -0.2) is 19.5 Å². The Morgan fingerprint density at radius 1 is 1.03 bits per heavy atom. The highest BCUT2D eigenvalue weighted by atomic mass is 19.1. The van der Waals surface area contributed by atoms with E-state index in [-0.39, 0.29) is 22.6 Å². The lowest BCUT2D eigenvalue weighted by atomic mass is 10.1. The van der Waals surface area contributed by atoms with Gasteiger partial charge in [0.1, 0.15) is 11.6 Å². The van der Waals surface area contributed by atoms with Gasteiger partial charge in [0.15, 0.2) is 0 Å². The molecule has 4 rings (SSSR count). The van der Waals surface area contributed by atoms with Gasteiger partial charge in [0.25, 0.3) is 11.2 Å². The number of nitrogens with zero attached hydrogens (tertiary/aromatic N) is 4. The van der Waals surface area contributed by atoms with Crippen LogP contribution in [0.3, 0.4) is 0 Å². The monoisotopic (exact) mass is 390 g/mol. The van der Waals surface area contributed by atoms with E-state index in [1.807, 2.05) is 0 Å². The van der Waals surface area contributed by atoms with Crippen molar-refractivity contribution in [3.63, 3.8) is 0 Å². The Morgan fingerprint density at radius 2 is 1.76 bits per heavy atom. The number of benzene rings is 2. The molecule has 2 aromatic carbocycles. The molecule has 0 saturated heterocycles. The third-order valence-corrected chi connectivity index (χ3v) is 4.63. The van der Waals surface area contributed by atoms with Gasteiger partial charge in [-0.15, -0.1) is 0 Å². The maximum atomic E-state index is 13.2. The second-order valence-corrected chi connectivity index (χ2v) is 6.46. The molecule has 2 heterocycles. The topological polar surface area (TPSA) is 90.9 Å². The van der Waals surface area contributed by atoms with Crippen LogP contribution in [0, 0.1) is 15.9 Å². The van der Waals surface area contributed by atoms with E-state index in [1.165, 1.54) is 34.9 Å². The maximum absolute atomic E-state index is 13.2. The zero-order valence-electron chi connectivity index (χ0n) is 15.2. The average molecular weight is 390 g/mol. The van der Waals surface area contributed by atoms with Crippen LogP contribution in [0.4, 0.5) is 10.1 Å². The minimum Gasteiger partial charge on any atom is -0.292 e. The lowest BCUT2D eigenvalue weighted by Crippen LogP contribution is -2.24. The van der Waals surface area contributed by atoms with Gasteiger partial charge in [-0.3, -0.25) is 24.5 Å². The molecule has 8 heteroatoms. The number of nitro groups is 1. The minimum atomic E-state index is -0.521. The van der Waals surface area contributed by atoms with Gasteiger partial charge < -0.3 is 0 Å². The lowest BCUT2D eigenvalue weighted by molar-refractivity contribution is -0.384. The van der Waals surface area contributed by atoms with Crippen molar-refractivity contribution >= 4 is 16.6 Å². The van der Waals surface area contributed by atoms with E-state index >= 15 is 0 Å². The molecule has 0 aliphatic heterocycles. The molecule has 0 radical (unpaired) electrons. The van der Waals surface area contributed by atoms with Crippen molar-refractivity contribution in [1.82, 2.24) is 14.5 Å². The number of fused-ring (bicyclic) bond motifs is 1. The molecule has 29 heavy (non-hydrogen) atoms. The van der Waals surface area contributed by atoms with Crippen LogP contribution >= 0.6 is 0 Å². The summed E-state index contributed by atoms with van der Waals surface area (Å²) in [5, 5.41) is 11.4. The van der Waals surface area contributed by atoms with Crippen LogP contribution in [0.15, 0.2) is 71.8 Å². The summed E-state index contributed by atoms with van der Waals surface area (Å²) in [7, 11) is 0. The summed E-state index contributed by atoms with van der Waals surface area (Å²) in [6.07, 6.45) is 3.67. The molecule has 7 nitrogen and oxygen atoms in total. The summed E-state index contributed by atoms with van der Waals surface area (Å²) >= 11 is 0. The molecule has 4 aromatic rings. The van der Waals surface area contributed by atoms with Crippen molar-refractivity contribution in [3.05, 3.63) is 98.8 Å². The van der Waals surface area contributed by atoms with Gasteiger partial charge in [0.05, 0.1) is 15.8 Å². The van der Waals surface area contributed by atoms with Crippen molar-refractivity contribution in [2.45, 2.75) is 13.0 Å². The Bertz CT molecular complexity index is 1250. The number of aryl methyl sites for hydroxylation is 1. The third kappa shape index (κ3) is 3.73. The van der Waals surface area contributed by atoms with Crippen molar-refractivity contribution in [2.75, 3.05) is 0 Å². The normalized spacial score (nSPS) is 10.9. The van der Waals surface area contributed by atoms with Crippen molar-refractivity contribution in [1.29, 1.82) is 0 Å². The fourth-order valence-electron chi connectivity index (χ4n) is 3.14. The zero-order valence-corrected chi connectivity index (χ0v) is 15.2. The molecule has 0 unspecified atom stereocenters. The molecule has 0 atom stereocenters. The molecular weight excluding hydrogens is 375 g/mol. The molecular formula is C21H15FN4O3. The van der Waals surface area contributed by atoms with E-state index in [0.717, 1.165) is 5.56 Å². The number of halogens is 1. The highest BCUT2D eigenvalue weighted by Gasteiger charge is 2.16. The zero-order chi connectivity index (χ0) is 20.4. The molecule has 0 bridgehead atoms. The quantitative estimate of drug-likeness (QED) is 0.382. The Labute approximate surface area is 164 Å². The first-order valence-electron chi connectivity index (χ1n) is 8.87. The summed E-state index contributed by atoms with van der Waals surface area (Å²) in [5.41, 5.74) is 1.38. The summed E-state index contributed by atoms with van der Waals surface area (Å²) < 4.78 is 14.7. The third-order valence-electron chi connectivity index (χ3n) is 4.63. The number of non-ortho nitro benzene ring substituents is 1. The van der Waals surface area contributed by atoms with Gasteiger partial charge in [0.2, 0.25) is 0 Å². The molecule has 0 fully saturated rings. The van der Waals surface area contributed by atoms with Crippen molar-refractivity contribution in [3.8, 4) is 11.4 Å². The number of rotatable bonds is 5. The van der Waals surface area contributed by atoms with Gasteiger partial charge in [-0.2, -0.15) is 0 Å². The second kappa shape index (κ2) is 7.59. The Morgan fingerprint density at radius 3 is 2.45 bits per heavy atom. The number of aromatic nitrogens is 3. The predicted molar refractivity (Wildman–Crippen MR) is 106 cm³/mol. The van der Waals surface area contributed by atoms with E-state index in [2.05, 4.69) is 9.97 Å². The first kappa shape index (κ1) is 18.4. The van der Waals surface area contributed by atoms with Crippen LogP contribution in [0.5, 0.6) is 0 Å². The first-order valence-corrected chi connectivity index (χ1v) is 8.87. The predicted octanol–water partition coefficient (Wildman–Crippen LogP) is 3.75. The SMILES string of the molecule is O=c1c2ccc([N+](=O)[O-])cc2nc(-c2ccncc2)n1CCc1ccc(F)cc1. The second-order valence-electron chi connectivity index (χ2n) is 6.46. The molecule has 0 aliphatic rings. The van der Waals surface area contributed by atoms with E-state index in [4.69, 9.17) is 0 Å². The molecule has 0 aliphatic carbocycles. The molecule has 0 amide bonds. The molecule has 0 N–H and O–H groups in total. The first-order chi connectivity index (χ1) is 14.0. The lowest BCUT2D eigenvalue weighted by Gasteiger charge is -2.14. The number of hydrogen-bond donors (Lipinski definition) is 0. The molecule has 0 spiro atoms. The van der Waals surface area contributed by atoms with Crippen molar-refractivity contribution in [2.24, 2.45) is 0 Å². The standard InChI is InChI=1S/C21H15FN4O3/c22-16-3-1-14(2-4-16)9-12-25-20(15-7-10-23-11-8-15)24-19-13-17(26(28)29)5-6-18(19)21(25)27/h1-8,10-11,13H,9,12H2. The van der Waals surface area contributed by atoms with E-state index in [1.54, 1.807) is 36.7 Å². The van der Waals surface area contributed by atoms with Gasteiger partial charge in [-0.1, -0.05) is 12.1 Å². The van der Waals surface area contributed by atoms with Gasteiger partial charge in [0, 0.05) is 36.6 Å². The smallest absolute Gasteiger partial charge is 0.271 e. The molecule has 144 valence electrons. The summed E-state index contributed by atoms with van der Waals surface area (Å²) in [6.45, 7) is 0.321. The van der Waals surface area contributed by atoms with Crippen LogP contribution < -0.4 is 5.56 Å². The highest BCUT2D eigenvalue weighted by Crippen LogP contribution is 2.22. The Hall–Kier alpha value is -3.94. The van der Waals surface area contributed by atoms with E-state index < -0.39 is 4.92 Å². The highest BCUT2D eigenvalue weighted by molar-refractivity contribution is 5.82.